The number of aryl methyl sites for hydroxylation is 2. The Morgan fingerprint density at radius 2 is 1.83 bits per heavy atom. The lowest BCUT2D eigenvalue weighted by molar-refractivity contribution is 0.626. The minimum absolute atomic E-state index is 0.0239. The van der Waals surface area contributed by atoms with Gasteiger partial charge in [0, 0.05) is 5.02 Å². The molecule has 0 spiro atoms. The van der Waals surface area contributed by atoms with E-state index in [4.69, 9.17) is 11.6 Å². The van der Waals surface area contributed by atoms with Crippen molar-refractivity contribution >= 4 is 27.5 Å². The molecule has 0 fully saturated rings. The molecule has 1 unspecified atom stereocenters. The van der Waals surface area contributed by atoms with Gasteiger partial charge in [0.2, 0.25) is 0 Å². The lowest BCUT2D eigenvalue weighted by atomic mass is 9.98. The second-order valence-electron chi connectivity index (χ2n) is 4.38. The van der Waals surface area contributed by atoms with E-state index in [-0.39, 0.29) is 10.6 Å². The van der Waals surface area contributed by atoms with Crippen LogP contribution in [0.15, 0.2) is 36.4 Å². The molecule has 2 rings (SSSR count). The van der Waals surface area contributed by atoms with Crippen LogP contribution in [0.3, 0.4) is 0 Å². The first-order chi connectivity index (χ1) is 8.49. The fourth-order valence-corrected chi connectivity index (χ4v) is 2.92. The third-order valence-corrected chi connectivity index (χ3v) is 4.39. The van der Waals surface area contributed by atoms with Gasteiger partial charge in [-0.3, -0.25) is 0 Å². The monoisotopic (exact) mass is 326 g/mol. The Morgan fingerprint density at radius 3 is 2.50 bits per heavy atom. The summed E-state index contributed by atoms with van der Waals surface area (Å²) in [4.78, 5) is -0.0239. The molecule has 0 saturated carbocycles. The van der Waals surface area contributed by atoms with Crippen molar-refractivity contribution in [3.63, 3.8) is 0 Å². The van der Waals surface area contributed by atoms with Crippen LogP contribution in [-0.2, 0) is 0 Å². The molecule has 0 amide bonds. The number of hydrogen-bond acceptors (Lipinski definition) is 0. The van der Waals surface area contributed by atoms with Crippen LogP contribution < -0.4 is 0 Å². The summed E-state index contributed by atoms with van der Waals surface area (Å²) >= 11 is 9.71. The molecule has 18 heavy (non-hydrogen) atoms. The highest BCUT2D eigenvalue weighted by Gasteiger charge is 2.14. The molecule has 0 aromatic heterocycles. The van der Waals surface area contributed by atoms with Gasteiger partial charge < -0.3 is 0 Å². The van der Waals surface area contributed by atoms with E-state index < -0.39 is 0 Å². The third-order valence-electron chi connectivity index (χ3n) is 2.96. The normalized spacial score (nSPS) is 12.5. The van der Waals surface area contributed by atoms with Crippen molar-refractivity contribution in [1.82, 2.24) is 0 Å². The zero-order valence-corrected chi connectivity index (χ0v) is 12.5. The van der Waals surface area contributed by atoms with E-state index in [2.05, 4.69) is 15.9 Å². The minimum Gasteiger partial charge on any atom is -0.207 e. The van der Waals surface area contributed by atoms with Crippen LogP contribution >= 0.6 is 27.5 Å². The molecule has 94 valence electrons. The second-order valence-corrected chi connectivity index (χ2v) is 5.70. The summed E-state index contributed by atoms with van der Waals surface area (Å²) in [6.07, 6.45) is 0. The molecule has 0 heterocycles. The van der Waals surface area contributed by atoms with Crippen molar-refractivity contribution < 1.29 is 4.39 Å². The summed E-state index contributed by atoms with van der Waals surface area (Å²) in [6, 6.07) is 10.6. The largest absolute Gasteiger partial charge is 0.207 e. The highest BCUT2D eigenvalue weighted by atomic mass is 79.9. The van der Waals surface area contributed by atoms with Crippen LogP contribution in [-0.4, -0.2) is 0 Å². The van der Waals surface area contributed by atoms with Gasteiger partial charge in [-0.05, 0) is 54.3 Å². The van der Waals surface area contributed by atoms with Crippen molar-refractivity contribution in [3.05, 3.63) is 69.5 Å². The first kappa shape index (κ1) is 13.6. The Labute approximate surface area is 120 Å². The van der Waals surface area contributed by atoms with Gasteiger partial charge in [0.05, 0.1) is 4.83 Å². The maximum absolute atomic E-state index is 13.2. The number of alkyl halides is 1. The lowest BCUT2D eigenvalue weighted by Crippen LogP contribution is -1.97. The molecule has 1 atom stereocenters. The summed E-state index contributed by atoms with van der Waals surface area (Å²) in [6.45, 7) is 3.98. The Hall–Kier alpha value is -0.860. The van der Waals surface area contributed by atoms with Gasteiger partial charge in [0.25, 0.3) is 0 Å². The molecule has 0 aliphatic rings. The molecule has 0 saturated heterocycles. The molecular weight excluding hydrogens is 315 g/mol. The van der Waals surface area contributed by atoms with Crippen molar-refractivity contribution in [2.24, 2.45) is 0 Å². The topological polar surface area (TPSA) is 0 Å². The molecular formula is C15H13BrClF. The predicted octanol–water partition coefficient (Wildman–Crippen LogP) is 5.58. The molecule has 0 N–H and O–H groups in total. The average Bonchev–Trinajstić information content (AvgIpc) is 2.33. The van der Waals surface area contributed by atoms with Crippen molar-refractivity contribution in [2.45, 2.75) is 18.7 Å². The Balaban J connectivity index is 2.46. The zero-order valence-electron chi connectivity index (χ0n) is 10.2. The van der Waals surface area contributed by atoms with Gasteiger partial charge in [0.1, 0.15) is 5.82 Å². The van der Waals surface area contributed by atoms with E-state index in [9.17, 15) is 4.39 Å². The van der Waals surface area contributed by atoms with Gasteiger partial charge in [-0.25, -0.2) is 4.39 Å². The average molecular weight is 328 g/mol. The van der Waals surface area contributed by atoms with Crippen LogP contribution in [0, 0.1) is 19.7 Å². The Kier molecular flexibility index (Phi) is 4.08. The standard InChI is InChI=1S/C15H13BrClF/c1-9-7-14(17)10(2)6-13(9)15(16)11-4-3-5-12(18)8-11/h3-8,15H,1-2H3. The minimum atomic E-state index is -0.222. The maximum atomic E-state index is 13.2. The summed E-state index contributed by atoms with van der Waals surface area (Å²) in [7, 11) is 0. The van der Waals surface area contributed by atoms with Crippen LogP contribution in [0.1, 0.15) is 27.1 Å². The fourth-order valence-electron chi connectivity index (χ4n) is 1.92. The van der Waals surface area contributed by atoms with E-state index in [0.717, 1.165) is 27.3 Å². The maximum Gasteiger partial charge on any atom is 0.123 e. The smallest absolute Gasteiger partial charge is 0.123 e. The van der Waals surface area contributed by atoms with Gasteiger partial charge in [-0.15, -0.1) is 0 Å². The van der Waals surface area contributed by atoms with Crippen LogP contribution in [0.2, 0.25) is 5.02 Å². The number of hydrogen-bond donors (Lipinski definition) is 0. The molecule has 0 aliphatic carbocycles. The highest BCUT2D eigenvalue weighted by molar-refractivity contribution is 9.09. The van der Waals surface area contributed by atoms with E-state index >= 15 is 0 Å². The SMILES string of the molecule is Cc1cc(C(Br)c2cccc(F)c2)c(C)cc1Cl. The summed E-state index contributed by atoms with van der Waals surface area (Å²) in [5.41, 5.74) is 4.14. The first-order valence-corrected chi connectivity index (χ1v) is 6.94. The second kappa shape index (κ2) is 5.41. The Bertz CT molecular complexity index is 581. The highest BCUT2D eigenvalue weighted by Crippen LogP contribution is 2.35. The number of rotatable bonds is 2. The fraction of sp³-hybridized carbons (Fsp3) is 0.200. The molecule has 0 nitrogen and oxygen atoms in total. The van der Waals surface area contributed by atoms with E-state index in [0.29, 0.717) is 0 Å². The quantitative estimate of drug-likeness (QED) is 0.632. The van der Waals surface area contributed by atoms with Gasteiger partial charge >= 0.3 is 0 Å². The number of halogens is 3. The van der Waals surface area contributed by atoms with E-state index in [1.54, 1.807) is 12.1 Å². The lowest BCUT2D eigenvalue weighted by Gasteiger charge is -2.15. The zero-order chi connectivity index (χ0) is 13.3. The first-order valence-electron chi connectivity index (χ1n) is 5.65. The summed E-state index contributed by atoms with van der Waals surface area (Å²) < 4.78 is 13.2. The molecule has 0 bridgehead atoms. The molecule has 2 aromatic carbocycles. The van der Waals surface area contributed by atoms with Crippen LogP contribution in [0.25, 0.3) is 0 Å². The predicted molar refractivity (Wildman–Crippen MR) is 78.1 cm³/mol. The third kappa shape index (κ3) is 2.76. The van der Waals surface area contributed by atoms with Crippen LogP contribution in [0.5, 0.6) is 0 Å². The molecule has 2 aromatic rings. The van der Waals surface area contributed by atoms with Crippen molar-refractivity contribution in [1.29, 1.82) is 0 Å². The van der Waals surface area contributed by atoms with E-state index in [1.165, 1.54) is 6.07 Å². The summed E-state index contributed by atoms with van der Waals surface area (Å²) in [5, 5.41) is 0.759. The molecule has 0 aliphatic heterocycles. The van der Waals surface area contributed by atoms with Gasteiger partial charge in [-0.1, -0.05) is 45.7 Å². The molecule has 3 heteroatoms. The van der Waals surface area contributed by atoms with E-state index in [1.807, 2.05) is 32.0 Å². The summed E-state index contributed by atoms with van der Waals surface area (Å²) in [5.74, 6) is -0.222. The van der Waals surface area contributed by atoms with Gasteiger partial charge in [0.15, 0.2) is 0 Å². The van der Waals surface area contributed by atoms with Crippen LogP contribution in [0.4, 0.5) is 4.39 Å². The van der Waals surface area contributed by atoms with Gasteiger partial charge in [-0.2, -0.15) is 0 Å². The molecule has 0 radical (unpaired) electrons. The Morgan fingerprint density at radius 1 is 1.11 bits per heavy atom. The van der Waals surface area contributed by atoms with Crippen molar-refractivity contribution in [3.8, 4) is 0 Å². The number of benzene rings is 2. The van der Waals surface area contributed by atoms with Crippen molar-refractivity contribution in [2.75, 3.05) is 0 Å².